The lowest BCUT2D eigenvalue weighted by Gasteiger charge is -2.32. The fourth-order valence-electron chi connectivity index (χ4n) is 3.62. The Bertz CT molecular complexity index is 727. The van der Waals surface area contributed by atoms with E-state index in [4.69, 9.17) is 0 Å². The highest BCUT2D eigenvalue weighted by Crippen LogP contribution is 2.42. The van der Waals surface area contributed by atoms with Crippen molar-refractivity contribution in [1.82, 2.24) is 16.0 Å². The van der Waals surface area contributed by atoms with Gasteiger partial charge >= 0.3 is 6.18 Å². The normalized spacial score (nSPS) is 27.0. The summed E-state index contributed by atoms with van der Waals surface area (Å²) in [4.78, 5) is 24.7. The Morgan fingerprint density at radius 2 is 1.78 bits per heavy atom. The number of hydrogen-bond donors (Lipinski definition) is 3. The zero-order valence-electron chi connectivity index (χ0n) is 14.7. The van der Waals surface area contributed by atoms with Crippen molar-refractivity contribution in [2.75, 3.05) is 0 Å². The van der Waals surface area contributed by atoms with Gasteiger partial charge in [-0.25, -0.2) is 0 Å². The molecule has 0 spiro atoms. The first-order chi connectivity index (χ1) is 12.8. The Kier molecular flexibility index (Phi) is 4.61. The largest absolute Gasteiger partial charge is 0.416 e. The second kappa shape index (κ2) is 6.82. The van der Waals surface area contributed by atoms with Crippen LogP contribution < -0.4 is 16.0 Å². The van der Waals surface area contributed by atoms with Crippen molar-refractivity contribution in [1.29, 1.82) is 0 Å². The Balaban J connectivity index is 1.45. The molecule has 27 heavy (non-hydrogen) atoms. The Labute approximate surface area is 155 Å². The second-order valence-corrected chi connectivity index (χ2v) is 7.75. The van der Waals surface area contributed by atoms with E-state index in [-0.39, 0.29) is 36.4 Å². The molecule has 3 atom stereocenters. The van der Waals surface area contributed by atoms with Crippen molar-refractivity contribution >= 4 is 11.8 Å². The minimum Gasteiger partial charge on any atom is -0.348 e. The van der Waals surface area contributed by atoms with E-state index in [2.05, 4.69) is 16.0 Å². The summed E-state index contributed by atoms with van der Waals surface area (Å²) in [7, 11) is 0. The van der Waals surface area contributed by atoms with Crippen LogP contribution in [0.25, 0.3) is 0 Å². The third-order valence-electron chi connectivity index (χ3n) is 5.48. The smallest absolute Gasteiger partial charge is 0.348 e. The monoisotopic (exact) mass is 381 g/mol. The highest BCUT2D eigenvalue weighted by atomic mass is 19.4. The number of rotatable bonds is 5. The van der Waals surface area contributed by atoms with Gasteiger partial charge in [0.2, 0.25) is 11.8 Å². The van der Waals surface area contributed by atoms with Gasteiger partial charge in [0.1, 0.15) is 0 Å². The standard InChI is InChI=1S/C19H22F3N3O2/c20-19(21,22)13-7-5-11(6-8-13)16(10-1-2-10)25-18(27)14-9-15(26)24-17(23-14)12-3-4-12/h5-8,10,12,14,16-17,23H,1-4,9H2,(H,24,26)(H,25,27)/t14?,16-,17?/m1/s1. The number of hydrogen-bond acceptors (Lipinski definition) is 3. The molecule has 1 saturated heterocycles. The maximum absolute atomic E-state index is 12.8. The summed E-state index contributed by atoms with van der Waals surface area (Å²) < 4.78 is 38.3. The molecule has 3 aliphatic rings. The average molecular weight is 381 g/mol. The molecule has 2 unspecified atom stereocenters. The van der Waals surface area contributed by atoms with Gasteiger partial charge in [-0.3, -0.25) is 14.9 Å². The van der Waals surface area contributed by atoms with Gasteiger partial charge in [-0.1, -0.05) is 12.1 Å². The first-order valence-electron chi connectivity index (χ1n) is 9.34. The zero-order chi connectivity index (χ0) is 19.2. The van der Waals surface area contributed by atoms with Gasteiger partial charge in [0.05, 0.1) is 30.2 Å². The number of benzene rings is 1. The molecular formula is C19H22F3N3O2. The molecule has 1 aromatic rings. The van der Waals surface area contributed by atoms with Crippen LogP contribution in [0, 0.1) is 11.8 Å². The van der Waals surface area contributed by atoms with E-state index in [1.165, 1.54) is 12.1 Å². The van der Waals surface area contributed by atoms with Gasteiger partial charge in [0.25, 0.3) is 0 Å². The maximum Gasteiger partial charge on any atom is 0.416 e. The van der Waals surface area contributed by atoms with Crippen LogP contribution in [0.2, 0.25) is 0 Å². The lowest BCUT2D eigenvalue weighted by atomic mass is 9.99. The van der Waals surface area contributed by atoms with Crippen LogP contribution in [0.1, 0.15) is 49.3 Å². The molecule has 146 valence electrons. The summed E-state index contributed by atoms with van der Waals surface area (Å²) in [5, 5.41) is 9.03. The van der Waals surface area contributed by atoms with Gasteiger partial charge in [-0.05, 0) is 55.2 Å². The summed E-state index contributed by atoms with van der Waals surface area (Å²) in [5.41, 5.74) is -0.0390. The van der Waals surface area contributed by atoms with Gasteiger partial charge in [0, 0.05) is 0 Å². The van der Waals surface area contributed by atoms with Crippen molar-refractivity contribution in [3.05, 3.63) is 35.4 Å². The van der Waals surface area contributed by atoms with Crippen LogP contribution in [0.3, 0.4) is 0 Å². The number of alkyl halides is 3. The van der Waals surface area contributed by atoms with Crippen molar-refractivity contribution in [3.63, 3.8) is 0 Å². The van der Waals surface area contributed by atoms with Crippen LogP contribution in [0.15, 0.2) is 24.3 Å². The van der Waals surface area contributed by atoms with Gasteiger partial charge in [0.15, 0.2) is 0 Å². The molecule has 2 aliphatic carbocycles. The summed E-state index contributed by atoms with van der Waals surface area (Å²) in [6, 6.07) is 4.02. The predicted octanol–water partition coefficient (Wildman–Crippen LogP) is 2.49. The molecule has 4 rings (SSSR count). The molecule has 1 aliphatic heterocycles. The van der Waals surface area contributed by atoms with Crippen molar-refractivity contribution in [2.45, 2.75) is 56.5 Å². The number of halogens is 3. The Hall–Kier alpha value is -2.09. The molecule has 0 aromatic heterocycles. The number of carbonyl (C=O) groups is 2. The van der Waals surface area contributed by atoms with Crippen LogP contribution in [-0.4, -0.2) is 24.0 Å². The lowest BCUT2D eigenvalue weighted by molar-refractivity contribution is -0.137. The minimum absolute atomic E-state index is 0.0689. The van der Waals surface area contributed by atoms with Gasteiger partial charge < -0.3 is 10.6 Å². The number of amides is 2. The Morgan fingerprint density at radius 3 is 2.33 bits per heavy atom. The SMILES string of the molecule is O=C1CC(C(=O)N[C@@H](c2ccc(C(F)(F)F)cc2)C2CC2)NC(C2CC2)N1. The Morgan fingerprint density at radius 1 is 1.11 bits per heavy atom. The van der Waals surface area contributed by atoms with E-state index in [1.807, 2.05) is 0 Å². The van der Waals surface area contributed by atoms with Crippen LogP contribution in [0.5, 0.6) is 0 Å². The molecule has 1 aromatic carbocycles. The van der Waals surface area contributed by atoms with Crippen molar-refractivity contribution in [3.8, 4) is 0 Å². The molecular weight excluding hydrogens is 359 g/mol. The molecule has 3 N–H and O–H groups in total. The summed E-state index contributed by atoms with van der Waals surface area (Å²) >= 11 is 0. The maximum atomic E-state index is 12.8. The quantitative estimate of drug-likeness (QED) is 0.734. The minimum atomic E-state index is -4.38. The topological polar surface area (TPSA) is 70.2 Å². The van der Waals surface area contributed by atoms with Crippen LogP contribution >= 0.6 is 0 Å². The second-order valence-electron chi connectivity index (χ2n) is 7.75. The first-order valence-corrected chi connectivity index (χ1v) is 9.34. The molecule has 8 heteroatoms. The summed E-state index contributed by atoms with van der Waals surface area (Å²) in [6.07, 6.45) is -0.573. The average Bonchev–Trinajstić information content (AvgIpc) is 3.51. The first kappa shape index (κ1) is 18.3. The van der Waals surface area contributed by atoms with E-state index in [0.29, 0.717) is 11.5 Å². The number of carbonyl (C=O) groups excluding carboxylic acids is 2. The third kappa shape index (κ3) is 4.26. The van der Waals surface area contributed by atoms with E-state index >= 15 is 0 Å². The van der Waals surface area contributed by atoms with Crippen molar-refractivity contribution in [2.24, 2.45) is 11.8 Å². The molecule has 0 bridgehead atoms. The summed E-state index contributed by atoms with van der Waals surface area (Å²) in [5.74, 6) is 0.177. The van der Waals surface area contributed by atoms with E-state index in [9.17, 15) is 22.8 Å². The fraction of sp³-hybridized carbons (Fsp3) is 0.579. The highest BCUT2D eigenvalue weighted by molar-refractivity contribution is 5.89. The molecule has 2 amide bonds. The zero-order valence-corrected chi connectivity index (χ0v) is 14.7. The van der Waals surface area contributed by atoms with Gasteiger partial charge in [-0.2, -0.15) is 13.2 Å². The van der Waals surface area contributed by atoms with Crippen LogP contribution in [-0.2, 0) is 15.8 Å². The predicted molar refractivity (Wildman–Crippen MR) is 91.2 cm³/mol. The lowest BCUT2D eigenvalue weighted by Crippen LogP contribution is -2.61. The molecule has 1 heterocycles. The highest BCUT2D eigenvalue weighted by Gasteiger charge is 2.41. The van der Waals surface area contributed by atoms with E-state index in [0.717, 1.165) is 37.8 Å². The molecule has 0 radical (unpaired) electrons. The van der Waals surface area contributed by atoms with Crippen LogP contribution in [0.4, 0.5) is 13.2 Å². The molecule has 3 fully saturated rings. The molecule has 2 saturated carbocycles. The van der Waals surface area contributed by atoms with E-state index < -0.39 is 17.8 Å². The third-order valence-corrected chi connectivity index (χ3v) is 5.48. The van der Waals surface area contributed by atoms with E-state index in [1.54, 1.807) is 0 Å². The number of nitrogens with one attached hydrogen (secondary N) is 3. The fourth-order valence-corrected chi connectivity index (χ4v) is 3.62. The molecule has 5 nitrogen and oxygen atoms in total. The van der Waals surface area contributed by atoms with Crippen molar-refractivity contribution < 1.29 is 22.8 Å². The van der Waals surface area contributed by atoms with Gasteiger partial charge in [-0.15, -0.1) is 0 Å². The summed E-state index contributed by atoms with van der Waals surface area (Å²) in [6.45, 7) is 0.